The number of H-pyrrole nitrogens is 1. The minimum absolute atomic E-state index is 0.949. The average Bonchev–Trinajstić information content (AvgIpc) is 2.68. The van der Waals surface area contributed by atoms with Crippen molar-refractivity contribution in [2.45, 2.75) is 13.8 Å². The van der Waals surface area contributed by atoms with Gasteiger partial charge in [0.2, 0.25) is 0 Å². The third-order valence-electron chi connectivity index (χ3n) is 5.23. The van der Waals surface area contributed by atoms with E-state index in [4.69, 9.17) is 4.74 Å². The summed E-state index contributed by atoms with van der Waals surface area (Å²) in [7, 11) is 1.74. The van der Waals surface area contributed by atoms with Crippen molar-refractivity contribution < 1.29 is 9.72 Å². The number of benzene rings is 2. The fraction of sp³-hybridized carbons (Fsp3) is 0.318. The third-order valence-corrected chi connectivity index (χ3v) is 5.23. The lowest BCUT2D eigenvalue weighted by molar-refractivity contribution is -0.331. The summed E-state index contributed by atoms with van der Waals surface area (Å²) in [5.41, 5.74) is 4.97. The van der Waals surface area contributed by atoms with Gasteiger partial charge in [-0.15, -0.1) is 0 Å². The standard InChI is InChI=1S/C22H25N3O/c1-16-8-9-18-15-17(2)22(23-19(18)14-16)25-12-10-24(11-13-25)20-6-4-5-7-21(20)26-3/h4-9,14-15H,10-13H2,1-3H3/p+1. The number of fused-ring (bicyclic) bond motifs is 1. The molecule has 0 amide bonds. The Labute approximate surface area is 155 Å². The van der Waals surface area contributed by atoms with E-state index < -0.39 is 0 Å². The monoisotopic (exact) mass is 348 g/mol. The van der Waals surface area contributed by atoms with Gasteiger partial charge in [0, 0.05) is 10.9 Å². The van der Waals surface area contributed by atoms with Crippen molar-refractivity contribution in [3.05, 3.63) is 59.7 Å². The van der Waals surface area contributed by atoms with Crippen LogP contribution >= 0.6 is 0 Å². The van der Waals surface area contributed by atoms with Crippen LogP contribution in [0.1, 0.15) is 11.1 Å². The van der Waals surface area contributed by atoms with E-state index in [0.717, 1.165) is 31.9 Å². The third kappa shape index (κ3) is 3.07. The molecule has 0 bridgehead atoms. The zero-order valence-corrected chi connectivity index (χ0v) is 15.7. The lowest BCUT2D eigenvalue weighted by Crippen LogP contribution is -2.48. The highest BCUT2D eigenvalue weighted by Gasteiger charge is 2.26. The summed E-state index contributed by atoms with van der Waals surface area (Å²) in [5.74, 6) is 2.19. The Balaban J connectivity index is 1.56. The van der Waals surface area contributed by atoms with Gasteiger partial charge in [-0.05, 0) is 43.7 Å². The lowest BCUT2D eigenvalue weighted by Gasteiger charge is -2.33. The SMILES string of the molecule is COc1ccccc1N1CCN(c2[nH+]c3cc(C)ccc3cc2C)CC1. The Hall–Kier alpha value is -2.75. The zero-order chi connectivity index (χ0) is 18.1. The molecule has 0 spiro atoms. The molecule has 1 saturated heterocycles. The highest BCUT2D eigenvalue weighted by Crippen LogP contribution is 2.29. The summed E-state index contributed by atoms with van der Waals surface area (Å²) >= 11 is 0. The molecular weight excluding hydrogens is 322 g/mol. The molecule has 0 unspecified atom stereocenters. The molecule has 3 aromatic rings. The summed E-state index contributed by atoms with van der Waals surface area (Å²) in [6.45, 7) is 8.29. The van der Waals surface area contributed by atoms with Crippen LogP contribution in [-0.4, -0.2) is 33.3 Å². The van der Waals surface area contributed by atoms with E-state index in [1.54, 1.807) is 7.11 Å². The molecule has 1 aromatic heterocycles. The quantitative estimate of drug-likeness (QED) is 0.724. The van der Waals surface area contributed by atoms with Gasteiger partial charge < -0.3 is 9.64 Å². The maximum absolute atomic E-state index is 5.53. The molecule has 2 aromatic carbocycles. The first-order valence-corrected chi connectivity index (χ1v) is 9.22. The van der Waals surface area contributed by atoms with E-state index in [0.29, 0.717) is 0 Å². The van der Waals surface area contributed by atoms with Crippen LogP contribution in [0.2, 0.25) is 0 Å². The molecule has 4 heteroatoms. The molecular formula is C22H26N3O+. The Morgan fingerprint density at radius 1 is 0.885 bits per heavy atom. The van der Waals surface area contributed by atoms with Gasteiger partial charge in [-0.25, -0.2) is 4.98 Å². The van der Waals surface area contributed by atoms with E-state index >= 15 is 0 Å². The summed E-state index contributed by atoms with van der Waals surface area (Å²) in [6, 6.07) is 17.1. The van der Waals surface area contributed by atoms with E-state index in [9.17, 15) is 0 Å². The number of nitrogens with zero attached hydrogens (tertiary/aromatic N) is 2. The van der Waals surface area contributed by atoms with Gasteiger partial charge in [-0.3, -0.25) is 4.90 Å². The number of rotatable bonds is 3. The van der Waals surface area contributed by atoms with Gasteiger partial charge in [0.15, 0.2) is 0 Å². The van der Waals surface area contributed by atoms with Crippen LogP contribution in [0.3, 0.4) is 0 Å². The van der Waals surface area contributed by atoms with Crippen LogP contribution in [0.25, 0.3) is 10.9 Å². The van der Waals surface area contributed by atoms with Crippen molar-refractivity contribution in [3.63, 3.8) is 0 Å². The van der Waals surface area contributed by atoms with Crippen molar-refractivity contribution in [1.82, 2.24) is 0 Å². The lowest BCUT2D eigenvalue weighted by atomic mass is 10.1. The molecule has 0 atom stereocenters. The molecule has 0 saturated carbocycles. The van der Waals surface area contributed by atoms with Gasteiger partial charge in [0.1, 0.15) is 24.4 Å². The Morgan fingerprint density at radius 2 is 1.62 bits per heavy atom. The Morgan fingerprint density at radius 3 is 2.38 bits per heavy atom. The van der Waals surface area contributed by atoms with Crippen molar-refractivity contribution in [1.29, 1.82) is 0 Å². The first-order valence-electron chi connectivity index (χ1n) is 9.22. The normalized spacial score (nSPS) is 14.7. The minimum atomic E-state index is 0.949. The van der Waals surface area contributed by atoms with E-state index in [1.807, 2.05) is 12.1 Å². The van der Waals surface area contributed by atoms with Gasteiger partial charge in [0.05, 0.1) is 25.9 Å². The summed E-state index contributed by atoms with van der Waals surface area (Å²) in [4.78, 5) is 8.54. The first kappa shape index (κ1) is 16.7. The molecule has 0 aliphatic carbocycles. The van der Waals surface area contributed by atoms with Crippen LogP contribution in [0.4, 0.5) is 11.5 Å². The molecule has 1 aliphatic heterocycles. The second kappa shape index (κ2) is 6.87. The number of para-hydroxylation sites is 2. The highest BCUT2D eigenvalue weighted by atomic mass is 16.5. The number of anilines is 2. The topological polar surface area (TPSA) is 29.9 Å². The van der Waals surface area contributed by atoms with E-state index in [-0.39, 0.29) is 0 Å². The van der Waals surface area contributed by atoms with Gasteiger partial charge in [-0.2, -0.15) is 0 Å². The molecule has 1 aliphatic rings. The number of aromatic nitrogens is 1. The number of ether oxygens (including phenoxy) is 1. The van der Waals surface area contributed by atoms with Crippen LogP contribution in [-0.2, 0) is 0 Å². The number of hydrogen-bond acceptors (Lipinski definition) is 3. The molecule has 134 valence electrons. The van der Waals surface area contributed by atoms with Crippen LogP contribution in [0, 0.1) is 13.8 Å². The van der Waals surface area contributed by atoms with Crippen molar-refractivity contribution in [2.24, 2.45) is 0 Å². The second-order valence-corrected chi connectivity index (χ2v) is 7.04. The molecule has 26 heavy (non-hydrogen) atoms. The van der Waals surface area contributed by atoms with Crippen LogP contribution in [0.15, 0.2) is 48.5 Å². The Bertz CT molecular complexity index is 930. The van der Waals surface area contributed by atoms with Gasteiger partial charge in [-0.1, -0.05) is 24.3 Å². The minimum Gasteiger partial charge on any atom is -0.495 e. The Kier molecular flexibility index (Phi) is 4.41. The summed E-state index contributed by atoms with van der Waals surface area (Å²) in [6.07, 6.45) is 0. The molecule has 0 radical (unpaired) electrons. The molecule has 4 nitrogen and oxygen atoms in total. The number of methoxy groups -OCH3 is 1. The van der Waals surface area contributed by atoms with Crippen molar-refractivity contribution in [2.75, 3.05) is 43.1 Å². The number of aromatic amines is 1. The highest BCUT2D eigenvalue weighted by molar-refractivity contribution is 5.78. The smallest absolute Gasteiger partial charge is 0.277 e. The predicted molar refractivity (Wildman–Crippen MR) is 107 cm³/mol. The maximum atomic E-state index is 5.53. The van der Waals surface area contributed by atoms with Crippen LogP contribution < -0.4 is 19.5 Å². The summed E-state index contributed by atoms with van der Waals surface area (Å²) in [5, 5.41) is 1.27. The van der Waals surface area contributed by atoms with E-state index in [1.165, 1.54) is 33.5 Å². The fourth-order valence-corrected chi connectivity index (χ4v) is 3.82. The molecule has 2 heterocycles. The molecule has 1 fully saturated rings. The van der Waals surface area contributed by atoms with Gasteiger partial charge >= 0.3 is 0 Å². The maximum Gasteiger partial charge on any atom is 0.277 e. The van der Waals surface area contributed by atoms with Crippen LogP contribution in [0.5, 0.6) is 5.75 Å². The van der Waals surface area contributed by atoms with E-state index in [2.05, 4.69) is 65.0 Å². The van der Waals surface area contributed by atoms with Crippen molar-refractivity contribution in [3.8, 4) is 5.75 Å². The average molecular weight is 348 g/mol. The number of pyridine rings is 1. The molecule has 4 rings (SSSR count). The molecule has 1 N–H and O–H groups in total. The largest absolute Gasteiger partial charge is 0.495 e. The zero-order valence-electron chi connectivity index (χ0n) is 15.7. The first-order chi connectivity index (χ1) is 12.7. The van der Waals surface area contributed by atoms with Crippen molar-refractivity contribution >= 4 is 22.4 Å². The summed E-state index contributed by atoms with van der Waals surface area (Å²) < 4.78 is 5.53. The number of piperazine rings is 1. The second-order valence-electron chi connectivity index (χ2n) is 7.04. The fourth-order valence-electron chi connectivity index (χ4n) is 3.82. The predicted octanol–water partition coefficient (Wildman–Crippen LogP) is 3.61. The number of hydrogen-bond donors (Lipinski definition) is 0. The number of aryl methyl sites for hydroxylation is 2. The number of nitrogens with one attached hydrogen (secondary N) is 1. The van der Waals surface area contributed by atoms with Gasteiger partial charge in [0.25, 0.3) is 5.82 Å².